The number of nitrogens with zero attached hydrogens (tertiary/aromatic N) is 1. The number of carbonyl (C=O) groups excluding carboxylic acids is 2. The van der Waals surface area contributed by atoms with Gasteiger partial charge in [0.2, 0.25) is 0 Å². The van der Waals surface area contributed by atoms with Crippen molar-refractivity contribution in [3.63, 3.8) is 0 Å². The Morgan fingerprint density at radius 1 is 1.09 bits per heavy atom. The van der Waals surface area contributed by atoms with E-state index >= 15 is 0 Å². The molecular formula is C16H14BrNO4. The van der Waals surface area contributed by atoms with Crippen molar-refractivity contribution in [1.29, 1.82) is 0 Å². The summed E-state index contributed by atoms with van der Waals surface area (Å²) in [5, 5.41) is 1.05. The molecular weight excluding hydrogens is 350 g/mol. The normalized spacial score (nSPS) is 17.0. The maximum atomic E-state index is 12.1. The van der Waals surface area contributed by atoms with E-state index in [2.05, 4.69) is 15.9 Å². The highest BCUT2D eigenvalue weighted by Gasteiger charge is 2.49. The lowest BCUT2D eigenvalue weighted by molar-refractivity contribution is -0.181. The SMILES string of the molecule is CC1(C)C(=O)ON(Cc2ccc(-c3ccc(Br)cc3)o2)C1=O. The van der Waals surface area contributed by atoms with Gasteiger partial charge in [0.05, 0.1) is 0 Å². The molecule has 22 heavy (non-hydrogen) atoms. The van der Waals surface area contributed by atoms with Crippen LogP contribution in [0.2, 0.25) is 0 Å². The summed E-state index contributed by atoms with van der Waals surface area (Å²) in [5.74, 6) is 0.341. The third-order valence-electron chi connectivity index (χ3n) is 3.55. The summed E-state index contributed by atoms with van der Waals surface area (Å²) < 4.78 is 6.71. The lowest BCUT2D eigenvalue weighted by atomic mass is 9.94. The van der Waals surface area contributed by atoms with Crippen molar-refractivity contribution in [2.75, 3.05) is 0 Å². The Kier molecular flexibility index (Phi) is 3.56. The standard InChI is InChI=1S/C16H14BrNO4/c1-16(2)14(19)18(22-15(16)20)9-12-7-8-13(21-12)10-3-5-11(17)6-4-10/h3-8H,9H2,1-2H3. The molecule has 1 saturated heterocycles. The first kappa shape index (κ1) is 14.8. The zero-order valence-corrected chi connectivity index (χ0v) is 13.7. The second-order valence-electron chi connectivity index (χ2n) is 5.62. The fourth-order valence-corrected chi connectivity index (χ4v) is 2.40. The van der Waals surface area contributed by atoms with E-state index in [1.807, 2.05) is 30.3 Å². The number of hydrogen-bond donors (Lipinski definition) is 0. The molecule has 1 aromatic carbocycles. The summed E-state index contributed by atoms with van der Waals surface area (Å²) >= 11 is 3.38. The molecule has 2 aromatic rings. The third-order valence-corrected chi connectivity index (χ3v) is 4.08. The molecule has 0 saturated carbocycles. The number of hydroxylamine groups is 2. The highest BCUT2D eigenvalue weighted by Crippen LogP contribution is 2.31. The summed E-state index contributed by atoms with van der Waals surface area (Å²) in [6.45, 7) is 3.20. The first-order valence-corrected chi connectivity index (χ1v) is 7.56. The number of amides is 1. The lowest BCUT2D eigenvalue weighted by Crippen LogP contribution is -2.31. The van der Waals surface area contributed by atoms with E-state index in [0.29, 0.717) is 11.5 Å². The van der Waals surface area contributed by atoms with Crippen LogP contribution in [0.5, 0.6) is 0 Å². The molecule has 0 unspecified atom stereocenters. The molecule has 1 amide bonds. The van der Waals surface area contributed by atoms with Crippen LogP contribution < -0.4 is 0 Å². The number of halogens is 1. The third kappa shape index (κ3) is 2.54. The summed E-state index contributed by atoms with van der Waals surface area (Å²) in [6.07, 6.45) is 0. The maximum Gasteiger partial charge on any atom is 0.347 e. The van der Waals surface area contributed by atoms with E-state index in [1.165, 1.54) is 0 Å². The molecule has 5 nitrogen and oxygen atoms in total. The van der Waals surface area contributed by atoms with Gasteiger partial charge in [-0.2, -0.15) is 5.06 Å². The van der Waals surface area contributed by atoms with Crippen molar-refractivity contribution in [3.05, 3.63) is 46.6 Å². The quantitative estimate of drug-likeness (QED) is 0.782. The minimum absolute atomic E-state index is 0.102. The van der Waals surface area contributed by atoms with Gasteiger partial charge < -0.3 is 9.25 Å². The average Bonchev–Trinajstić information content (AvgIpc) is 3.01. The van der Waals surface area contributed by atoms with Crippen LogP contribution in [0.25, 0.3) is 11.3 Å². The number of rotatable bonds is 3. The molecule has 0 radical (unpaired) electrons. The summed E-state index contributed by atoms with van der Waals surface area (Å²) in [7, 11) is 0. The minimum atomic E-state index is -1.14. The van der Waals surface area contributed by atoms with Gasteiger partial charge in [0, 0.05) is 10.0 Å². The van der Waals surface area contributed by atoms with Crippen LogP contribution in [0.15, 0.2) is 45.3 Å². The fraction of sp³-hybridized carbons (Fsp3) is 0.250. The molecule has 2 heterocycles. The highest BCUT2D eigenvalue weighted by molar-refractivity contribution is 9.10. The first-order valence-electron chi connectivity index (χ1n) is 6.77. The van der Waals surface area contributed by atoms with Gasteiger partial charge in [-0.3, -0.25) is 4.79 Å². The lowest BCUT2D eigenvalue weighted by Gasteiger charge is -2.12. The Labute approximate surface area is 135 Å². The highest BCUT2D eigenvalue weighted by atomic mass is 79.9. The zero-order valence-electron chi connectivity index (χ0n) is 12.1. The molecule has 1 aromatic heterocycles. The zero-order chi connectivity index (χ0) is 15.9. The molecule has 1 fully saturated rings. The molecule has 1 aliphatic heterocycles. The molecule has 1 aliphatic rings. The van der Waals surface area contributed by atoms with E-state index < -0.39 is 11.4 Å². The predicted molar refractivity (Wildman–Crippen MR) is 82.3 cm³/mol. The monoisotopic (exact) mass is 363 g/mol. The van der Waals surface area contributed by atoms with Crippen LogP contribution in [-0.4, -0.2) is 16.9 Å². The smallest absolute Gasteiger partial charge is 0.347 e. The van der Waals surface area contributed by atoms with Gasteiger partial charge in [-0.25, -0.2) is 4.79 Å². The summed E-state index contributed by atoms with van der Waals surface area (Å²) in [4.78, 5) is 28.7. The molecule has 0 N–H and O–H groups in total. The first-order chi connectivity index (χ1) is 10.4. The minimum Gasteiger partial charge on any atom is -0.459 e. The van der Waals surface area contributed by atoms with Gasteiger partial charge in [-0.05, 0) is 38.1 Å². The Morgan fingerprint density at radius 2 is 1.77 bits per heavy atom. The Hall–Kier alpha value is -2.08. The fourth-order valence-electron chi connectivity index (χ4n) is 2.13. The van der Waals surface area contributed by atoms with E-state index in [9.17, 15) is 9.59 Å². The molecule has 0 aliphatic carbocycles. The topological polar surface area (TPSA) is 59.8 Å². The number of carbonyl (C=O) groups is 2. The number of hydrogen-bond acceptors (Lipinski definition) is 4. The van der Waals surface area contributed by atoms with Crippen LogP contribution in [0.4, 0.5) is 0 Å². The summed E-state index contributed by atoms with van der Waals surface area (Å²) in [6, 6.07) is 11.3. The predicted octanol–water partition coefficient (Wildman–Crippen LogP) is 3.54. The van der Waals surface area contributed by atoms with Crippen LogP contribution in [0.3, 0.4) is 0 Å². The van der Waals surface area contributed by atoms with E-state index in [-0.39, 0.29) is 12.5 Å². The molecule has 114 valence electrons. The molecule has 3 rings (SSSR count). The maximum absolute atomic E-state index is 12.1. The number of furan rings is 1. The Bertz CT molecular complexity index is 733. The average molecular weight is 364 g/mol. The van der Waals surface area contributed by atoms with Crippen LogP contribution in [0, 0.1) is 5.41 Å². The summed E-state index contributed by atoms with van der Waals surface area (Å²) in [5.41, 5.74) is -0.208. The Morgan fingerprint density at radius 3 is 2.36 bits per heavy atom. The van der Waals surface area contributed by atoms with Crippen LogP contribution >= 0.6 is 15.9 Å². The van der Waals surface area contributed by atoms with Crippen molar-refractivity contribution in [2.45, 2.75) is 20.4 Å². The molecule has 0 bridgehead atoms. The van der Waals surface area contributed by atoms with Gasteiger partial charge in [-0.15, -0.1) is 0 Å². The van der Waals surface area contributed by atoms with E-state index in [4.69, 9.17) is 9.25 Å². The number of benzene rings is 1. The van der Waals surface area contributed by atoms with Crippen LogP contribution in [-0.2, 0) is 21.0 Å². The second kappa shape index (κ2) is 5.28. The van der Waals surface area contributed by atoms with Gasteiger partial charge in [0.15, 0.2) is 0 Å². The van der Waals surface area contributed by atoms with Crippen LogP contribution in [0.1, 0.15) is 19.6 Å². The molecule has 0 spiro atoms. The van der Waals surface area contributed by atoms with Crippen molar-refractivity contribution in [1.82, 2.24) is 5.06 Å². The van der Waals surface area contributed by atoms with Crippen molar-refractivity contribution in [2.24, 2.45) is 5.41 Å². The van der Waals surface area contributed by atoms with E-state index in [1.54, 1.807) is 19.9 Å². The van der Waals surface area contributed by atoms with Gasteiger partial charge in [0.25, 0.3) is 5.91 Å². The molecule has 6 heteroatoms. The molecule has 0 atom stereocenters. The Balaban J connectivity index is 1.77. The largest absolute Gasteiger partial charge is 0.459 e. The second-order valence-corrected chi connectivity index (χ2v) is 6.53. The van der Waals surface area contributed by atoms with Crippen molar-refractivity contribution >= 4 is 27.8 Å². The van der Waals surface area contributed by atoms with Crippen molar-refractivity contribution < 1.29 is 18.8 Å². The van der Waals surface area contributed by atoms with Gasteiger partial charge >= 0.3 is 5.97 Å². The van der Waals surface area contributed by atoms with Crippen molar-refractivity contribution in [3.8, 4) is 11.3 Å². The van der Waals surface area contributed by atoms with Gasteiger partial charge in [-0.1, -0.05) is 28.1 Å². The van der Waals surface area contributed by atoms with Gasteiger partial charge in [0.1, 0.15) is 23.5 Å². The van der Waals surface area contributed by atoms with E-state index in [0.717, 1.165) is 15.1 Å².